The lowest BCUT2D eigenvalue weighted by molar-refractivity contribution is 0.453. The van der Waals surface area contributed by atoms with Gasteiger partial charge in [-0.25, -0.2) is 15.0 Å². The minimum Gasteiger partial charge on any atom is -0.505 e. The number of benzene rings is 3. The van der Waals surface area contributed by atoms with Crippen molar-refractivity contribution in [3.63, 3.8) is 0 Å². The van der Waals surface area contributed by atoms with Crippen molar-refractivity contribution < 1.29 is 9.84 Å². The molecule has 0 saturated carbocycles. The van der Waals surface area contributed by atoms with Gasteiger partial charge in [-0.2, -0.15) is 0 Å². The van der Waals surface area contributed by atoms with Crippen LogP contribution in [0.5, 0.6) is 17.4 Å². The van der Waals surface area contributed by atoms with Crippen LogP contribution < -0.4 is 4.74 Å². The molecule has 0 aliphatic rings. The molecule has 6 heteroatoms. The van der Waals surface area contributed by atoms with Crippen molar-refractivity contribution in [2.24, 2.45) is 0 Å². The zero-order valence-corrected chi connectivity index (χ0v) is 21.6. The Kier molecular flexibility index (Phi) is 5.33. The molecule has 0 atom stereocenters. The van der Waals surface area contributed by atoms with Gasteiger partial charge in [0.25, 0.3) is 0 Å². The van der Waals surface area contributed by atoms with E-state index in [0.717, 1.165) is 40.0 Å². The van der Waals surface area contributed by atoms with Crippen molar-refractivity contribution in [1.82, 2.24) is 19.5 Å². The van der Waals surface area contributed by atoms with Crippen molar-refractivity contribution in [3.05, 3.63) is 88.7 Å². The first-order valence-electron chi connectivity index (χ1n) is 12.5. The number of aromatic hydroxyl groups is 1. The van der Waals surface area contributed by atoms with Crippen LogP contribution in [-0.2, 0) is 6.42 Å². The lowest BCUT2D eigenvalue weighted by atomic mass is 10.0. The molecule has 0 aliphatic carbocycles. The second kappa shape index (κ2) is 8.59. The smallest absolute Gasteiger partial charge is 0.241 e. The van der Waals surface area contributed by atoms with E-state index in [-0.39, 0.29) is 5.75 Å². The van der Waals surface area contributed by atoms with Gasteiger partial charge in [-0.15, -0.1) is 0 Å². The average Bonchev–Trinajstić information content (AvgIpc) is 3.21. The number of hydrogen-bond acceptors (Lipinski definition) is 5. The molecular formula is C31H28N4O2. The maximum absolute atomic E-state index is 10.6. The van der Waals surface area contributed by atoms with Gasteiger partial charge in [0.2, 0.25) is 5.88 Å². The molecule has 0 unspecified atom stereocenters. The number of phenols is 1. The molecule has 0 bridgehead atoms. The zero-order valence-electron chi connectivity index (χ0n) is 21.6. The summed E-state index contributed by atoms with van der Waals surface area (Å²) >= 11 is 0. The van der Waals surface area contributed by atoms with E-state index in [1.54, 1.807) is 0 Å². The normalized spacial score (nSPS) is 11.6. The highest BCUT2D eigenvalue weighted by atomic mass is 16.5. The summed E-state index contributed by atoms with van der Waals surface area (Å²) in [5.41, 5.74) is 8.13. The van der Waals surface area contributed by atoms with Gasteiger partial charge in [0, 0.05) is 23.0 Å². The largest absolute Gasteiger partial charge is 0.505 e. The number of pyridine rings is 1. The van der Waals surface area contributed by atoms with E-state index in [9.17, 15) is 5.11 Å². The average molecular weight is 489 g/mol. The van der Waals surface area contributed by atoms with Crippen molar-refractivity contribution >= 4 is 32.8 Å². The van der Waals surface area contributed by atoms with Crippen LogP contribution in [0.2, 0.25) is 0 Å². The number of ether oxygens (including phenoxy) is 1. The van der Waals surface area contributed by atoms with Crippen LogP contribution in [0.15, 0.2) is 60.8 Å². The van der Waals surface area contributed by atoms with Crippen molar-refractivity contribution in [3.8, 4) is 23.2 Å². The molecule has 3 aromatic heterocycles. The first-order valence-corrected chi connectivity index (χ1v) is 12.5. The van der Waals surface area contributed by atoms with Crippen LogP contribution >= 0.6 is 0 Å². The summed E-state index contributed by atoms with van der Waals surface area (Å²) in [6, 6.07) is 18.5. The van der Waals surface area contributed by atoms with Gasteiger partial charge in [0.05, 0.1) is 16.6 Å². The summed E-state index contributed by atoms with van der Waals surface area (Å²) in [5, 5.41) is 12.9. The van der Waals surface area contributed by atoms with Gasteiger partial charge in [0.15, 0.2) is 0 Å². The Morgan fingerprint density at radius 2 is 1.70 bits per heavy atom. The Hall–Kier alpha value is -4.45. The molecule has 6 nitrogen and oxygen atoms in total. The third kappa shape index (κ3) is 3.76. The van der Waals surface area contributed by atoms with Crippen molar-refractivity contribution in [2.45, 2.75) is 41.0 Å². The third-order valence-corrected chi connectivity index (χ3v) is 7.00. The Balaban J connectivity index is 1.58. The van der Waals surface area contributed by atoms with E-state index in [4.69, 9.17) is 9.72 Å². The van der Waals surface area contributed by atoms with E-state index in [1.165, 1.54) is 16.3 Å². The maximum atomic E-state index is 10.6. The molecular weight excluding hydrogens is 460 g/mol. The number of fused-ring (bicyclic) bond motifs is 4. The Morgan fingerprint density at radius 1 is 0.865 bits per heavy atom. The number of phenolic OH excluding ortho intramolecular Hbond substituents is 1. The molecule has 37 heavy (non-hydrogen) atoms. The fourth-order valence-electron chi connectivity index (χ4n) is 5.03. The van der Waals surface area contributed by atoms with Crippen LogP contribution in [-0.4, -0.2) is 24.6 Å². The van der Waals surface area contributed by atoms with Gasteiger partial charge < -0.3 is 9.84 Å². The summed E-state index contributed by atoms with van der Waals surface area (Å²) in [4.78, 5) is 14.0. The van der Waals surface area contributed by atoms with E-state index < -0.39 is 0 Å². The van der Waals surface area contributed by atoms with E-state index in [2.05, 4.69) is 59.6 Å². The van der Waals surface area contributed by atoms with Crippen LogP contribution in [0.25, 0.3) is 38.7 Å². The van der Waals surface area contributed by atoms with E-state index in [0.29, 0.717) is 28.4 Å². The summed E-state index contributed by atoms with van der Waals surface area (Å²) in [6.07, 6.45) is 2.82. The van der Waals surface area contributed by atoms with Crippen LogP contribution in [0, 0.1) is 27.7 Å². The van der Waals surface area contributed by atoms with Gasteiger partial charge in [0.1, 0.15) is 28.5 Å². The SMILES string of the molecule is CCc1ccc2c(c1)c1c(C)cc(Oc3nc4c(O)c(C)ccc4nc3C)cc1n2-c1cc(C)ccn1. The Morgan fingerprint density at radius 3 is 2.49 bits per heavy atom. The van der Waals surface area contributed by atoms with Gasteiger partial charge in [-0.1, -0.05) is 19.1 Å². The van der Waals surface area contributed by atoms with Crippen LogP contribution in [0.1, 0.15) is 34.9 Å². The Bertz CT molecular complexity index is 1850. The molecule has 0 radical (unpaired) electrons. The summed E-state index contributed by atoms with van der Waals surface area (Å²) in [6.45, 7) is 10.1. The van der Waals surface area contributed by atoms with Crippen LogP contribution in [0.4, 0.5) is 0 Å². The van der Waals surface area contributed by atoms with Crippen molar-refractivity contribution in [2.75, 3.05) is 0 Å². The fraction of sp³-hybridized carbons (Fsp3) is 0.194. The minimum absolute atomic E-state index is 0.124. The number of aromatic nitrogens is 4. The van der Waals surface area contributed by atoms with Gasteiger partial charge >= 0.3 is 0 Å². The van der Waals surface area contributed by atoms with E-state index in [1.807, 2.05) is 50.4 Å². The molecule has 0 fully saturated rings. The lowest BCUT2D eigenvalue weighted by Crippen LogP contribution is -1.99. The van der Waals surface area contributed by atoms with Crippen LogP contribution in [0.3, 0.4) is 0 Å². The number of rotatable bonds is 4. The minimum atomic E-state index is 0.124. The standard InChI is InChI=1S/C31H28N4O2/c1-6-21-8-10-25-23(15-21)28-19(4)14-22(16-26(28)35(25)27-13-17(2)11-12-32-27)37-31-20(5)33-24-9-7-18(3)30(36)29(24)34-31/h7-16,36H,6H2,1-5H3. The molecule has 6 aromatic rings. The highest BCUT2D eigenvalue weighted by molar-refractivity contribution is 6.11. The first kappa shape index (κ1) is 23.0. The zero-order chi connectivity index (χ0) is 25.8. The first-order chi connectivity index (χ1) is 17.8. The fourth-order valence-corrected chi connectivity index (χ4v) is 5.03. The third-order valence-electron chi connectivity index (χ3n) is 7.00. The van der Waals surface area contributed by atoms with Gasteiger partial charge in [-0.05, 0) is 92.8 Å². The predicted octanol–water partition coefficient (Wildman–Crippen LogP) is 7.42. The monoisotopic (exact) mass is 488 g/mol. The summed E-state index contributed by atoms with van der Waals surface area (Å²) < 4.78 is 8.54. The van der Waals surface area contributed by atoms with E-state index >= 15 is 0 Å². The topological polar surface area (TPSA) is 73.1 Å². The second-order valence-corrected chi connectivity index (χ2v) is 9.68. The number of aryl methyl sites for hydroxylation is 5. The molecule has 0 amide bonds. The molecule has 0 saturated heterocycles. The molecule has 0 aliphatic heterocycles. The Labute approximate surface area is 215 Å². The second-order valence-electron chi connectivity index (χ2n) is 9.68. The molecule has 3 aromatic carbocycles. The number of hydrogen-bond donors (Lipinski definition) is 1. The molecule has 184 valence electrons. The summed E-state index contributed by atoms with van der Waals surface area (Å²) in [5.74, 6) is 2.01. The lowest BCUT2D eigenvalue weighted by Gasteiger charge is -2.12. The molecule has 6 rings (SSSR count). The highest BCUT2D eigenvalue weighted by Crippen LogP contribution is 2.38. The molecule has 0 spiro atoms. The van der Waals surface area contributed by atoms with Crippen molar-refractivity contribution in [1.29, 1.82) is 0 Å². The maximum Gasteiger partial charge on any atom is 0.241 e. The highest BCUT2D eigenvalue weighted by Gasteiger charge is 2.18. The van der Waals surface area contributed by atoms with Gasteiger partial charge in [-0.3, -0.25) is 4.57 Å². The quantitative estimate of drug-likeness (QED) is 0.280. The predicted molar refractivity (Wildman–Crippen MR) is 148 cm³/mol. The summed E-state index contributed by atoms with van der Waals surface area (Å²) in [7, 11) is 0. The molecule has 1 N–H and O–H groups in total. The number of nitrogens with zero attached hydrogens (tertiary/aromatic N) is 4. The molecule has 3 heterocycles.